The Morgan fingerprint density at radius 1 is 1.07 bits per heavy atom. The van der Waals surface area contributed by atoms with Crippen molar-refractivity contribution < 1.29 is 14.6 Å². The normalized spacial score (nSPS) is 23.1. The van der Waals surface area contributed by atoms with E-state index in [0.29, 0.717) is 5.56 Å². The predicted molar refractivity (Wildman–Crippen MR) is 115 cm³/mol. The molecule has 1 amide bonds. The zero-order valence-corrected chi connectivity index (χ0v) is 17.4. The van der Waals surface area contributed by atoms with Crippen LogP contribution in [0.25, 0.3) is 0 Å². The smallest absolute Gasteiger partial charge is 0.251 e. The summed E-state index contributed by atoms with van der Waals surface area (Å²) < 4.78 is 6.20. The van der Waals surface area contributed by atoms with Crippen LogP contribution < -0.4 is 10.1 Å². The van der Waals surface area contributed by atoms with Gasteiger partial charge < -0.3 is 15.2 Å². The molecule has 1 aliphatic heterocycles. The van der Waals surface area contributed by atoms with Gasteiger partial charge in [0.25, 0.3) is 5.91 Å². The van der Waals surface area contributed by atoms with Crippen molar-refractivity contribution in [2.45, 2.75) is 63.3 Å². The van der Waals surface area contributed by atoms with Gasteiger partial charge in [0.1, 0.15) is 11.9 Å². The minimum atomic E-state index is -0.217. The van der Waals surface area contributed by atoms with E-state index in [4.69, 9.17) is 4.74 Å². The lowest BCUT2D eigenvalue weighted by molar-refractivity contribution is 0.0863. The number of likely N-dealkylation sites (tertiary alicyclic amines) is 1. The number of aliphatic hydroxyl groups is 1. The van der Waals surface area contributed by atoms with Gasteiger partial charge in [-0.15, -0.1) is 0 Å². The van der Waals surface area contributed by atoms with Crippen LogP contribution in [0.1, 0.15) is 54.4 Å². The SMILES string of the molecule is O=C(NC1CCC(O)CC1)c1cccc(OC2CCN(Cc3ccncc3)CC2)c1. The van der Waals surface area contributed by atoms with E-state index in [0.717, 1.165) is 63.9 Å². The summed E-state index contributed by atoms with van der Waals surface area (Å²) in [6.45, 7) is 2.95. The second-order valence-electron chi connectivity index (χ2n) is 8.46. The Labute approximate surface area is 178 Å². The van der Waals surface area contributed by atoms with Crippen molar-refractivity contribution in [3.05, 3.63) is 59.9 Å². The molecule has 0 atom stereocenters. The maximum Gasteiger partial charge on any atom is 0.251 e. The summed E-state index contributed by atoms with van der Waals surface area (Å²) in [5.74, 6) is 0.698. The molecule has 160 valence electrons. The molecule has 1 saturated heterocycles. The lowest BCUT2D eigenvalue weighted by atomic mass is 9.93. The fourth-order valence-electron chi connectivity index (χ4n) is 4.32. The van der Waals surface area contributed by atoms with E-state index in [1.165, 1.54) is 5.56 Å². The average Bonchev–Trinajstić information content (AvgIpc) is 2.78. The number of piperidine rings is 1. The van der Waals surface area contributed by atoms with E-state index in [9.17, 15) is 9.90 Å². The first kappa shape index (κ1) is 20.8. The van der Waals surface area contributed by atoms with Gasteiger partial charge in [0.15, 0.2) is 0 Å². The fraction of sp³-hybridized carbons (Fsp3) is 0.500. The first-order valence-electron chi connectivity index (χ1n) is 11.0. The van der Waals surface area contributed by atoms with E-state index in [2.05, 4.69) is 27.3 Å². The molecule has 2 aliphatic rings. The summed E-state index contributed by atoms with van der Waals surface area (Å²) in [5.41, 5.74) is 1.92. The van der Waals surface area contributed by atoms with E-state index in [-0.39, 0.29) is 24.2 Å². The minimum Gasteiger partial charge on any atom is -0.490 e. The zero-order valence-electron chi connectivity index (χ0n) is 17.4. The summed E-state index contributed by atoms with van der Waals surface area (Å²) in [7, 11) is 0. The van der Waals surface area contributed by atoms with Crippen molar-refractivity contribution >= 4 is 5.91 Å². The first-order chi connectivity index (χ1) is 14.7. The summed E-state index contributed by atoms with van der Waals surface area (Å²) in [6.07, 6.45) is 8.78. The van der Waals surface area contributed by atoms with Crippen LogP contribution in [0.5, 0.6) is 5.75 Å². The Morgan fingerprint density at radius 3 is 2.53 bits per heavy atom. The second-order valence-corrected chi connectivity index (χ2v) is 8.46. The Morgan fingerprint density at radius 2 is 1.80 bits per heavy atom. The molecule has 2 heterocycles. The topological polar surface area (TPSA) is 74.7 Å². The van der Waals surface area contributed by atoms with E-state index >= 15 is 0 Å². The highest BCUT2D eigenvalue weighted by atomic mass is 16.5. The van der Waals surface area contributed by atoms with E-state index in [1.54, 1.807) is 0 Å². The van der Waals surface area contributed by atoms with Gasteiger partial charge in [0.05, 0.1) is 6.10 Å². The van der Waals surface area contributed by atoms with Crippen molar-refractivity contribution in [1.82, 2.24) is 15.2 Å². The largest absolute Gasteiger partial charge is 0.490 e. The second kappa shape index (κ2) is 10.0. The Bertz CT molecular complexity index is 813. The Kier molecular flexibility index (Phi) is 6.97. The summed E-state index contributed by atoms with van der Waals surface area (Å²) in [6, 6.07) is 11.8. The Balaban J connectivity index is 1.26. The van der Waals surface area contributed by atoms with Crippen molar-refractivity contribution in [1.29, 1.82) is 0 Å². The number of rotatable bonds is 6. The molecule has 1 aromatic carbocycles. The van der Waals surface area contributed by atoms with E-state index in [1.807, 2.05) is 36.7 Å². The quantitative estimate of drug-likeness (QED) is 0.767. The van der Waals surface area contributed by atoms with Gasteiger partial charge in [0.2, 0.25) is 0 Å². The number of hydrogen-bond acceptors (Lipinski definition) is 5. The van der Waals surface area contributed by atoms with Gasteiger partial charge in [0, 0.05) is 43.6 Å². The van der Waals surface area contributed by atoms with Crippen LogP contribution >= 0.6 is 0 Å². The number of ether oxygens (including phenoxy) is 1. The molecule has 0 spiro atoms. The lowest BCUT2D eigenvalue weighted by Crippen LogP contribution is -2.38. The molecular weight excluding hydrogens is 378 g/mol. The number of amides is 1. The molecule has 0 bridgehead atoms. The molecule has 2 fully saturated rings. The molecule has 4 rings (SSSR count). The first-order valence-corrected chi connectivity index (χ1v) is 11.0. The average molecular weight is 410 g/mol. The van der Waals surface area contributed by atoms with Crippen LogP contribution in [0.3, 0.4) is 0 Å². The number of pyridine rings is 1. The van der Waals surface area contributed by atoms with Crippen LogP contribution in [-0.2, 0) is 6.54 Å². The highest BCUT2D eigenvalue weighted by Gasteiger charge is 2.23. The minimum absolute atomic E-state index is 0.0611. The van der Waals surface area contributed by atoms with Crippen LogP contribution in [0, 0.1) is 0 Å². The molecule has 1 aliphatic carbocycles. The third-order valence-electron chi connectivity index (χ3n) is 6.12. The molecule has 6 heteroatoms. The maximum absolute atomic E-state index is 12.6. The zero-order chi connectivity index (χ0) is 20.8. The van der Waals surface area contributed by atoms with Crippen LogP contribution in [0.15, 0.2) is 48.8 Å². The molecular formula is C24H31N3O3. The van der Waals surface area contributed by atoms with Crippen LogP contribution in [0.2, 0.25) is 0 Å². The predicted octanol–water partition coefficient (Wildman–Crippen LogP) is 3.16. The van der Waals surface area contributed by atoms with Crippen molar-refractivity contribution in [3.8, 4) is 5.75 Å². The number of carbonyl (C=O) groups excluding carboxylic acids is 1. The summed E-state index contributed by atoms with van der Waals surface area (Å²) in [4.78, 5) is 19.1. The number of benzene rings is 1. The van der Waals surface area contributed by atoms with E-state index < -0.39 is 0 Å². The van der Waals surface area contributed by atoms with Gasteiger partial charge in [-0.1, -0.05) is 6.07 Å². The van der Waals surface area contributed by atoms with Gasteiger partial charge in [-0.05, 0) is 74.4 Å². The number of aliphatic hydroxyl groups excluding tert-OH is 1. The summed E-state index contributed by atoms with van der Waals surface area (Å²) in [5, 5.41) is 12.7. The van der Waals surface area contributed by atoms with Crippen molar-refractivity contribution in [3.63, 3.8) is 0 Å². The lowest BCUT2D eigenvalue weighted by Gasteiger charge is -2.32. The molecule has 1 saturated carbocycles. The van der Waals surface area contributed by atoms with Crippen LogP contribution in [0.4, 0.5) is 0 Å². The molecule has 30 heavy (non-hydrogen) atoms. The number of aromatic nitrogens is 1. The number of hydrogen-bond donors (Lipinski definition) is 2. The van der Waals surface area contributed by atoms with Gasteiger partial charge >= 0.3 is 0 Å². The van der Waals surface area contributed by atoms with Gasteiger partial charge in [-0.25, -0.2) is 0 Å². The molecule has 0 radical (unpaired) electrons. The highest BCUT2D eigenvalue weighted by molar-refractivity contribution is 5.94. The molecule has 1 aromatic heterocycles. The Hall–Kier alpha value is -2.44. The summed E-state index contributed by atoms with van der Waals surface area (Å²) >= 11 is 0. The highest BCUT2D eigenvalue weighted by Crippen LogP contribution is 2.22. The van der Waals surface area contributed by atoms with Gasteiger partial charge in [-0.3, -0.25) is 14.7 Å². The molecule has 2 N–H and O–H groups in total. The molecule has 6 nitrogen and oxygen atoms in total. The van der Waals surface area contributed by atoms with Crippen molar-refractivity contribution in [2.24, 2.45) is 0 Å². The standard InChI is InChI=1S/C24H31N3O3/c28-21-6-4-20(5-7-21)26-24(29)19-2-1-3-23(16-19)30-22-10-14-27(15-11-22)17-18-8-12-25-13-9-18/h1-3,8-9,12-13,16,20-22,28H,4-7,10-11,14-15,17H2,(H,26,29). The molecule has 2 aromatic rings. The van der Waals surface area contributed by atoms with Crippen molar-refractivity contribution in [2.75, 3.05) is 13.1 Å². The number of nitrogens with one attached hydrogen (secondary N) is 1. The molecule has 0 unspecified atom stereocenters. The third-order valence-corrected chi connectivity index (χ3v) is 6.12. The van der Waals surface area contributed by atoms with Gasteiger partial charge in [-0.2, -0.15) is 0 Å². The third kappa shape index (κ3) is 5.80. The van der Waals surface area contributed by atoms with Crippen LogP contribution in [-0.4, -0.2) is 52.2 Å². The fourth-order valence-corrected chi connectivity index (χ4v) is 4.32. The number of nitrogens with zero attached hydrogens (tertiary/aromatic N) is 2. The number of carbonyl (C=O) groups is 1. The maximum atomic E-state index is 12.6. The monoisotopic (exact) mass is 409 g/mol.